The number of aliphatic hydroxyl groups excluding tert-OH is 1. The maximum atomic E-state index is 11.4. The molecular formula is C8H13NO3S2. The predicted octanol–water partition coefficient (Wildman–Crippen LogP) is 0.709. The van der Waals surface area contributed by atoms with E-state index in [2.05, 4.69) is 0 Å². The third-order valence-corrected chi connectivity index (χ3v) is 4.06. The van der Waals surface area contributed by atoms with Crippen LogP contribution in [-0.2, 0) is 9.59 Å². The number of rotatable bonds is 3. The molecule has 0 radical (unpaired) electrons. The Hall–Kier alpha value is -0.200. The van der Waals surface area contributed by atoms with Crippen LogP contribution in [0.3, 0.4) is 0 Å². The lowest BCUT2D eigenvalue weighted by atomic mass is 9.96. The molecule has 1 heterocycles. The molecule has 1 fully saturated rings. The van der Waals surface area contributed by atoms with Crippen LogP contribution in [0.25, 0.3) is 0 Å². The highest BCUT2D eigenvalue weighted by molar-refractivity contribution is 8.14. The van der Waals surface area contributed by atoms with E-state index in [9.17, 15) is 14.7 Å². The van der Waals surface area contributed by atoms with Gasteiger partial charge in [-0.05, 0) is 18.9 Å². The van der Waals surface area contributed by atoms with Crippen LogP contribution >= 0.6 is 23.7 Å². The van der Waals surface area contributed by atoms with Crippen molar-refractivity contribution < 1.29 is 14.7 Å². The Bertz CT molecular complexity index is 257. The average Bonchev–Trinajstić information content (AvgIpc) is 2.02. The fourth-order valence-electron chi connectivity index (χ4n) is 1.39. The second-order valence-corrected chi connectivity index (χ2v) is 5.17. The zero-order chi connectivity index (χ0) is 10.9. The van der Waals surface area contributed by atoms with Crippen LogP contribution in [0.1, 0.15) is 13.8 Å². The van der Waals surface area contributed by atoms with Crippen LogP contribution < -0.4 is 0 Å². The molecule has 1 aliphatic heterocycles. The summed E-state index contributed by atoms with van der Waals surface area (Å²) in [5, 5.41) is 9.11. The molecule has 0 unspecified atom stereocenters. The van der Waals surface area contributed by atoms with Crippen molar-refractivity contribution >= 4 is 34.7 Å². The lowest BCUT2D eigenvalue weighted by Gasteiger charge is -2.45. The molecule has 0 bridgehead atoms. The molecule has 0 aromatic heterocycles. The van der Waals surface area contributed by atoms with Gasteiger partial charge in [0.1, 0.15) is 5.37 Å². The fourth-order valence-corrected chi connectivity index (χ4v) is 3.45. The molecule has 0 saturated carbocycles. The van der Waals surface area contributed by atoms with Crippen molar-refractivity contribution in [3.63, 3.8) is 0 Å². The number of β-lactam (4-membered cyclic amide) rings is 1. The number of amides is 1. The molecule has 0 aromatic carbocycles. The normalized spacial score (nSPS) is 28.6. The van der Waals surface area contributed by atoms with E-state index in [1.807, 2.05) is 0 Å². The molecule has 1 rings (SSSR count). The van der Waals surface area contributed by atoms with Crippen molar-refractivity contribution in [3.05, 3.63) is 0 Å². The van der Waals surface area contributed by atoms with Gasteiger partial charge in [0.15, 0.2) is 5.12 Å². The van der Waals surface area contributed by atoms with Crippen LogP contribution in [0, 0.1) is 5.92 Å². The summed E-state index contributed by atoms with van der Waals surface area (Å²) in [6, 6.07) is 0. The van der Waals surface area contributed by atoms with Gasteiger partial charge in [0.05, 0.1) is 12.0 Å². The first kappa shape index (κ1) is 11.9. The average molecular weight is 235 g/mol. The first-order valence-electron chi connectivity index (χ1n) is 4.21. The van der Waals surface area contributed by atoms with Crippen molar-refractivity contribution in [2.45, 2.75) is 25.3 Å². The smallest absolute Gasteiger partial charge is 0.242 e. The molecule has 0 aromatic rings. The highest BCUT2D eigenvalue weighted by Gasteiger charge is 2.50. The lowest BCUT2D eigenvalue weighted by molar-refractivity contribution is -0.146. The molecule has 1 N–H and O–H groups in total. The van der Waals surface area contributed by atoms with Crippen LogP contribution in [0.5, 0.6) is 0 Å². The number of carbonyl (C=O) groups is 2. The quantitative estimate of drug-likeness (QED) is 0.576. The monoisotopic (exact) mass is 235 g/mol. The van der Waals surface area contributed by atoms with Crippen molar-refractivity contribution in [1.29, 1.82) is 0 Å². The summed E-state index contributed by atoms with van der Waals surface area (Å²) in [5.74, 6) is -0.525. The zero-order valence-electron chi connectivity index (χ0n) is 8.26. The molecular weight excluding hydrogens is 222 g/mol. The Kier molecular flexibility index (Phi) is 3.86. The number of aliphatic hydroxyl groups is 1. The van der Waals surface area contributed by atoms with Crippen molar-refractivity contribution in [3.8, 4) is 0 Å². The van der Waals surface area contributed by atoms with Crippen molar-refractivity contribution in [1.82, 2.24) is 4.31 Å². The van der Waals surface area contributed by atoms with Gasteiger partial charge in [-0.25, -0.2) is 0 Å². The van der Waals surface area contributed by atoms with Crippen molar-refractivity contribution in [2.24, 2.45) is 5.92 Å². The molecule has 6 heteroatoms. The second-order valence-electron chi connectivity index (χ2n) is 3.11. The van der Waals surface area contributed by atoms with E-state index in [4.69, 9.17) is 0 Å². The molecule has 80 valence electrons. The van der Waals surface area contributed by atoms with Gasteiger partial charge in [-0.3, -0.25) is 13.9 Å². The van der Waals surface area contributed by atoms with Gasteiger partial charge in [0.25, 0.3) is 0 Å². The number of carbonyl (C=O) groups excluding carboxylic acids is 2. The molecule has 1 amide bonds. The minimum Gasteiger partial charge on any atom is -0.392 e. The standard InChI is InChI=1S/C8H13NO3S2/c1-4(10)6-7(12)9(13-3)8(6)14-5(2)11/h4,6,8,10H,1-3H3/t4-,6+,8-/m1/s1. The van der Waals surface area contributed by atoms with E-state index >= 15 is 0 Å². The molecule has 0 spiro atoms. The van der Waals surface area contributed by atoms with Gasteiger partial charge in [0, 0.05) is 13.2 Å². The molecule has 0 aliphatic carbocycles. The Labute approximate surface area is 91.5 Å². The van der Waals surface area contributed by atoms with E-state index in [0.717, 1.165) is 11.8 Å². The predicted molar refractivity (Wildman–Crippen MR) is 57.6 cm³/mol. The second kappa shape index (κ2) is 4.55. The van der Waals surface area contributed by atoms with Crippen LogP contribution in [-0.4, -0.2) is 38.2 Å². The maximum Gasteiger partial charge on any atom is 0.242 e. The Morgan fingerprint density at radius 3 is 2.57 bits per heavy atom. The van der Waals surface area contributed by atoms with Gasteiger partial charge in [-0.15, -0.1) is 0 Å². The summed E-state index contributed by atoms with van der Waals surface area (Å²) < 4.78 is 1.53. The summed E-state index contributed by atoms with van der Waals surface area (Å²) in [7, 11) is 0. The number of nitrogens with zero attached hydrogens (tertiary/aromatic N) is 1. The van der Waals surface area contributed by atoms with E-state index in [1.54, 1.807) is 13.2 Å². The third-order valence-electron chi connectivity index (χ3n) is 2.04. The maximum absolute atomic E-state index is 11.4. The highest BCUT2D eigenvalue weighted by Crippen LogP contribution is 2.41. The minimum atomic E-state index is -0.692. The molecule has 1 aliphatic rings. The molecule has 1 saturated heterocycles. The van der Waals surface area contributed by atoms with Gasteiger partial charge >= 0.3 is 0 Å². The number of hydrogen-bond acceptors (Lipinski definition) is 5. The van der Waals surface area contributed by atoms with E-state index in [1.165, 1.54) is 23.2 Å². The zero-order valence-corrected chi connectivity index (χ0v) is 9.89. The van der Waals surface area contributed by atoms with E-state index in [0.29, 0.717) is 0 Å². The Balaban J connectivity index is 2.68. The number of thioether (sulfide) groups is 1. The topological polar surface area (TPSA) is 57.6 Å². The largest absolute Gasteiger partial charge is 0.392 e. The van der Waals surface area contributed by atoms with Gasteiger partial charge in [-0.1, -0.05) is 11.8 Å². The molecule has 3 atom stereocenters. The van der Waals surface area contributed by atoms with Crippen molar-refractivity contribution in [2.75, 3.05) is 6.26 Å². The van der Waals surface area contributed by atoms with Gasteiger partial charge < -0.3 is 5.11 Å². The van der Waals surface area contributed by atoms with Gasteiger partial charge in [-0.2, -0.15) is 0 Å². The lowest BCUT2D eigenvalue weighted by Crippen LogP contribution is -2.59. The third kappa shape index (κ3) is 2.07. The summed E-state index contributed by atoms with van der Waals surface area (Å²) in [6.07, 6.45) is 1.09. The number of hydrogen-bond donors (Lipinski definition) is 1. The van der Waals surface area contributed by atoms with Crippen LogP contribution in [0.2, 0.25) is 0 Å². The highest BCUT2D eigenvalue weighted by atomic mass is 32.2. The summed E-state index contributed by atoms with van der Waals surface area (Å²) in [6.45, 7) is 3.04. The molecule has 14 heavy (non-hydrogen) atoms. The van der Waals surface area contributed by atoms with Crippen LogP contribution in [0.4, 0.5) is 0 Å². The van der Waals surface area contributed by atoms with Crippen LogP contribution in [0.15, 0.2) is 0 Å². The van der Waals surface area contributed by atoms with Gasteiger partial charge in [0.2, 0.25) is 5.91 Å². The van der Waals surface area contributed by atoms with E-state index < -0.39 is 12.0 Å². The summed E-state index contributed by atoms with van der Waals surface area (Å²) in [4.78, 5) is 22.4. The Morgan fingerprint density at radius 1 is 1.64 bits per heavy atom. The minimum absolute atomic E-state index is 0.0350. The summed E-state index contributed by atoms with van der Waals surface area (Å²) in [5.41, 5.74) is 0. The first-order valence-corrected chi connectivity index (χ1v) is 6.27. The SMILES string of the molecule is CSN1C(=O)[C@H]([C@@H](C)O)[C@H]1SC(C)=O. The fraction of sp³-hybridized carbons (Fsp3) is 0.750. The first-order chi connectivity index (χ1) is 6.49. The Morgan fingerprint density at radius 2 is 2.21 bits per heavy atom. The van der Waals surface area contributed by atoms with E-state index in [-0.39, 0.29) is 16.4 Å². The molecule has 4 nitrogen and oxygen atoms in total. The summed E-state index contributed by atoms with van der Waals surface area (Å²) >= 11 is 2.39.